The second-order valence-corrected chi connectivity index (χ2v) is 7.76. The van der Waals surface area contributed by atoms with E-state index in [0.717, 1.165) is 29.8 Å². The zero-order valence-electron chi connectivity index (χ0n) is 18.0. The van der Waals surface area contributed by atoms with Gasteiger partial charge >= 0.3 is 5.97 Å². The SMILES string of the molecule is CCOC(=O)[C@H]1CCCN(C(=O)c2c(C)nn(-c3ccccc3)c2-c2ccccc2)C1. The van der Waals surface area contributed by atoms with E-state index < -0.39 is 0 Å². The highest BCUT2D eigenvalue weighted by Gasteiger charge is 2.33. The topological polar surface area (TPSA) is 64.4 Å². The summed E-state index contributed by atoms with van der Waals surface area (Å²) in [7, 11) is 0. The molecule has 2 aromatic carbocycles. The molecule has 0 saturated carbocycles. The summed E-state index contributed by atoms with van der Waals surface area (Å²) < 4.78 is 7.04. The molecule has 0 aliphatic carbocycles. The highest BCUT2D eigenvalue weighted by molar-refractivity contribution is 6.01. The van der Waals surface area contributed by atoms with E-state index >= 15 is 0 Å². The molecule has 0 unspecified atom stereocenters. The lowest BCUT2D eigenvalue weighted by Crippen LogP contribution is -2.43. The summed E-state index contributed by atoms with van der Waals surface area (Å²) in [5.74, 6) is -0.588. The number of rotatable bonds is 5. The molecule has 0 N–H and O–H groups in total. The van der Waals surface area contributed by atoms with Crippen molar-refractivity contribution in [1.29, 1.82) is 0 Å². The van der Waals surface area contributed by atoms with Crippen molar-refractivity contribution >= 4 is 11.9 Å². The number of hydrogen-bond acceptors (Lipinski definition) is 4. The highest BCUT2D eigenvalue weighted by atomic mass is 16.5. The lowest BCUT2D eigenvalue weighted by molar-refractivity contribution is -0.149. The van der Waals surface area contributed by atoms with Gasteiger partial charge in [0.15, 0.2) is 0 Å². The Morgan fingerprint density at radius 2 is 1.74 bits per heavy atom. The molecule has 6 heteroatoms. The fourth-order valence-corrected chi connectivity index (χ4v) is 4.17. The minimum absolute atomic E-state index is 0.0902. The van der Waals surface area contributed by atoms with Crippen LogP contribution in [0.15, 0.2) is 60.7 Å². The molecule has 0 bridgehead atoms. The highest BCUT2D eigenvalue weighted by Crippen LogP contribution is 2.31. The molecule has 0 radical (unpaired) electrons. The minimum atomic E-state index is -0.276. The van der Waals surface area contributed by atoms with Crippen LogP contribution in [-0.2, 0) is 9.53 Å². The van der Waals surface area contributed by atoms with Crippen molar-refractivity contribution in [3.8, 4) is 16.9 Å². The van der Waals surface area contributed by atoms with Crippen LogP contribution in [-0.4, -0.2) is 46.3 Å². The number of amides is 1. The Kier molecular flexibility index (Phi) is 6.16. The van der Waals surface area contributed by atoms with Crippen LogP contribution in [0.1, 0.15) is 35.8 Å². The van der Waals surface area contributed by atoms with Crippen LogP contribution in [0.3, 0.4) is 0 Å². The van der Waals surface area contributed by atoms with Crippen LogP contribution < -0.4 is 0 Å². The second-order valence-electron chi connectivity index (χ2n) is 7.76. The zero-order chi connectivity index (χ0) is 21.8. The zero-order valence-corrected chi connectivity index (χ0v) is 18.0. The largest absolute Gasteiger partial charge is 0.466 e. The Labute approximate surface area is 182 Å². The van der Waals surface area contributed by atoms with Gasteiger partial charge in [0.1, 0.15) is 0 Å². The number of aryl methyl sites for hydroxylation is 1. The Hall–Kier alpha value is -3.41. The summed E-state index contributed by atoms with van der Waals surface area (Å²) in [6.07, 6.45) is 1.53. The molecule has 1 atom stereocenters. The van der Waals surface area contributed by atoms with Crippen LogP contribution >= 0.6 is 0 Å². The first-order valence-corrected chi connectivity index (χ1v) is 10.8. The molecular formula is C25H27N3O3. The lowest BCUT2D eigenvalue weighted by atomic mass is 9.96. The van der Waals surface area contributed by atoms with Gasteiger partial charge in [-0.3, -0.25) is 9.59 Å². The molecule has 1 fully saturated rings. The Morgan fingerprint density at radius 1 is 1.06 bits per heavy atom. The number of nitrogens with zero attached hydrogens (tertiary/aromatic N) is 3. The monoisotopic (exact) mass is 417 g/mol. The molecule has 3 aromatic rings. The van der Waals surface area contributed by atoms with Gasteiger partial charge in [-0.1, -0.05) is 48.5 Å². The summed E-state index contributed by atoms with van der Waals surface area (Å²) in [5.41, 5.74) is 3.85. The number of aromatic nitrogens is 2. The number of esters is 1. The molecule has 1 amide bonds. The summed E-state index contributed by atoms with van der Waals surface area (Å²) in [6, 6.07) is 19.7. The van der Waals surface area contributed by atoms with E-state index in [1.165, 1.54) is 0 Å². The number of hydrogen-bond donors (Lipinski definition) is 0. The maximum absolute atomic E-state index is 13.7. The Bertz CT molecular complexity index is 1060. The molecule has 1 aliphatic rings. The van der Waals surface area contributed by atoms with Gasteiger partial charge in [0.25, 0.3) is 5.91 Å². The van der Waals surface area contributed by atoms with Crippen molar-refractivity contribution in [2.75, 3.05) is 19.7 Å². The van der Waals surface area contributed by atoms with E-state index in [1.54, 1.807) is 11.8 Å². The normalized spacial score (nSPS) is 16.2. The van der Waals surface area contributed by atoms with Crippen LogP contribution in [0.5, 0.6) is 0 Å². The van der Waals surface area contributed by atoms with Gasteiger partial charge in [-0.15, -0.1) is 0 Å². The quantitative estimate of drug-likeness (QED) is 0.582. The first-order valence-electron chi connectivity index (χ1n) is 10.8. The maximum Gasteiger partial charge on any atom is 0.310 e. The fraction of sp³-hybridized carbons (Fsp3) is 0.320. The van der Waals surface area contributed by atoms with Crippen molar-refractivity contribution in [1.82, 2.24) is 14.7 Å². The van der Waals surface area contributed by atoms with Crippen LogP contribution in [0.2, 0.25) is 0 Å². The summed E-state index contributed by atoms with van der Waals surface area (Å²) in [4.78, 5) is 27.8. The van der Waals surface area contributed by atoms with Crippen LogP contribution in [0.4, 0.5) is 0 Å². The van der Waals surface area contributed by atoms with Gasteiger partial charge in [-0.25, -0.2) is 4.68 Å². The van der Waals surface area contributed by atoms with Gasteiger partial charge in [-0.2, -0.15) is 5.10 Å². The average molecular weight is 418 g/mol. The van der Waals surface area contributed by atoms with E-state index in [1.807, 2.05) is 72.3 Å². The molecule has 2 heterocycles. The minimum Gasteiger partial charge on any atom is -0.466 e. The number of carbonyl (C=O) groups excluding carboxylic acids is 2. The fourth-order valence-electron chi connectivity index (χ4n) is 4.17. The number of piperidine rings is 1. The van der Waals surface area contributed by atoms with Gasteiger partial charge in [0.2, 0.25) is 0 Å². The van der Waals surface area contributed by atoms with Crippen molar-refractivity contribution < 1.29 is 14.3 Å². The van der Waals surface area contributed by atoms with E-state index in [0.29, 0.717) is 31.0 Å². The third-order valence-electron chi connectivity index (χ3n) is 5.65. The smallest absolute Gasteiger partial charge is 0.310 e. The third kappa shape index (κ3) is 4.24. The number of para-hydroxylation sites is 1. The number of ether oxygens (including phenoxy) is 1. The van der Waals surface area contributed by atoms with Crippen molar-refractivity contribution in [2.24, 2.45) is 5.92 Å². The molecule has 4 rings (SSSR count). The van der Waals surface area contributed by atoms with E-state index in [-0.39, 0.29) is 17.8 Å². The van der Waals surface area contributed by atoms with Gasteiger partial charge in [0, 0.05) is 18.7 Å². The molecule has 1 aliphatic heterocycles. The van der Waals surface area contributed by atoms with Crippen LogP contribution in [0, 0.1) is 12.8 Å². The third-order valence-corrected chi connectivity index (χ3v) is 5.65. The van der Waals surface area contributed by atoms with Crippen molar-refractivity contribution in [3.63, 3.8) is 0 Å². The Morgan fingerprint density at radius 3 is 2.42 bits per heavy atom. The molecule has 1 aromatic heterocycles. The van der Waals surface area contributed by atoms with Gasteiger partial charge < -0.3 is 9.64 Å². The van der Waals surface area contributed by atoms with E-state index in [2.05, 4.69) is 0 Å². The van der Waals surface area contributed by atoms with Crippen molar-refractivity contribution in [2.45, 2.75) is 26.7 Å². The first-order chi connectivity index (χ1) is 15.1. The van der Waals surface area contributed by atoms with E-state index in [4.69, 9.17) is 9.84 Å². The summed E-state index contributed by atoms with van der Waals surface area (Å²) >= 11 is 0. The average Bonchev–Trinajstić information content (AvgIpc) is 3.17. The van der Waals surface area contributed by atoms with Gasteiger partial charge in [0.05, 0.1) is 35.2 Å². The van der Waals surface area contributed by atoms with E-state index in [9.17, 15) is 9.59 Å². The predicted molar refractivity (Wildman–Crippen MR) is 119 cm³/mol. The lowest BCUT2D eigenvalue weighted by Gasteiger charge is -2.31. The number of carbonyl (C=O) groups is 2. The predicted octanol–water partition coefficient (Wildman–Crippen LogP) is 4.26. The Balaban J connectivity index is 1.75. The molecule has 31 heavy (non-hydrogen) atoms. The molecule has 6 nitrogen and oxygen atoms in total. The second kappa shape index (κ2) is 9.16. The standard InChI is InChI=1S/C25H27N3O3/c1-3-31-25(30)20-13-10-16-27(17-20)24(29)22-18(2)26-28(21-14-8-5-9-15-21)23(22)19-11-6-4-7-12-19/h4-9,11-12,14-15,20H,3,10,13,16-17H2,1-2H3/t20-/m0/s1. The summed E-state index contributed by atoms with van der Waals surface area (Å²) in [5, 5.41) is 4.73. The first kappa shape index (κ1) is 20.8. The van der Waals surface area contributed by atoms with Crippen LogP contribution in [0.25, 0.3) is 16.9 Å². The number of likely N-dealkylation sites (tertiary alicyclic amines) is 1. The van der Waals surface area contributed by atoms with Gasteiger partial charge in [-0.05, 0) is 38.8 Å². The molecule has 160 valence electrons. The van der Waals surface area contributed by atoms with Crippen molar-refractivity contribution in [3.05, 3.63) is 71.9 Å². The molecule has 0 spiro atoms. The molecular weight excluding hydrogens is 390 g/mol. The maximum atomic E-state index is 13.7. The molecule has 1 saturated heterocycles. The summed E-state index contributed by atoms with van der Waals surface area (Å²) in [6.45, 7) is 5.02. The number of benzene rings is 2.